The minimum Gasteiger partial charge on any atom is -0.370 e. The minimum atomic E-state index is -4.37. The van der Waals surface area contributed by atoms with Crippen LogP contribution in [0.4, 0.5) is 23.2 Å². The molecule has 2 saturated heterocycles. The van der Waals surface area contributed by atoms with Gasteiger partial charge in [-0.15, -0.1) is 0 Å². The number of anilines is 1. The first kappa shape index (κ1) is 23.5. The van der Waals surface area contributed by atoms with E-state index in [4.69, 9.17) is 0 Å². The molecule has 1 saturated carbocycles. The molecule has 0 N–H and O–H groups in total. The van der Waals surface area contributed by atoms with Crippen molar-refractivity contribution in [2.45, 2.75) is 38.8 Å². The summed E-state index contributed by atoms with van der Waals surface area (Å²) in [6.45, 7) is 3.70. The van der Waals surface area contributed by atoms with Crippen LogP contribution in [0.2, 0.25) is 0 Å². The van der Waals surface area contributed by atoms with Gasteiger partial charge in [0.15, 0.2) is 0 Å². The highest BCUT2D eigenvalue weighted by Crippen LogP contribution is 2.47. The predicted molar refractivity (Wildman–Crippen MR) is 123 cm³/mol. The number of carbonyl (C=O) groups is 1. The summed E-state index contributed by atoms with van der Waals surface area (Å²) in [5.74, 6) is -0.926. The topological polar surface area (TPSA) is 36.4 Å². The Morgan fingerprint density at radius 2 is 1.85 bits per heavy atom. The van der Waals surface area contributed by atoms with E-state index in [2.05, 4.69) is 16.9 Å². The first-order valence-corrected chi connectivity index (χ1v) is 12.2. The second-order valence-electron chi connectivity index (χ2n) is 10.7. The number of piperidine rings is 3. The van der Waals surface area contributed by atoms with Gasteiger partial charge in [-0.3, -0.25) is 9.78 Å². The van der Waals surface area contributed by atoms with Gasteiger partial charge in [-0.2, -0.15) is 13.2 Å². The summed E-state index contributed by atoms with van der Waals surface area (Å²) in [6.07, 6.45) is -1.08. The van der Waals surface area contributed by atoms with E-state index in [1.807, 2.05) is 0 Å². The Labute approximate surface area is 197 Å². The first-order chi connectivity index (χ1) is 16.1. The Balaban J connectivity index is 1.36. The Morgan fingerprint density at radius 3 is 2.56 bits per heavy atom. The molecule has 4 nitrogen and oxygen atoms in total. The Hall–Kier alpha value is -2.22. The van der Waals surface area contributed by atoms with Crippen LogP contribution in [0.3, 0.4) is 0 Å². The third-order valence-electron chi connectivity index (χ3n) is 8.29. The molecule has 0 spiro atoms. The maximum atomic E-state index is 14.7. The number of halogens is 4. The van der Waals surface area contributed by atoms with E-state index in [1.165, 1.54) is 6.07 Å². The Morgan fingerprint density at radius 1 is 1.12 bits per heavy atom. The van der Waals surface area contributed by atoms with Crippen LogP contribution in [-0.2, 0) is 4.79 Å². The average molecular weight is 478 g/mol. The van der Waals surface area contributed by atoms with Crippen LogP contribution in [0.15, 0.2) is 24.4 Å². The molecule has 2 aliphatic heterocycles. The molecular weight excluding hydrogens is 446 g/mol. The van der Waals surface area contributed by atoms with Crippen molar-refractivity contribution in [3.8, 4) is 0 Å². The van der Waals surface area contributed by atoms with Gasteiger partial charge in [0.1, 0.15) is 11.6 Å². The van der Waals surface area contributed by atoms with Gasteiger partial charge >= 0.3 is 6.18 Å². The second-order valence-corrected chi connectivity index (χ2v) is 10.7. The molecule has 1 aliphatic carbocycles. The van der Waals surface area contributed by atoms with Gasteiger partial charge in [0, 0.05) is 61.9 Å². The van der Waals surface area contributed by atoms with Crippen molar-refractivity contribution >= 4 is 22.4 Å². The number of hydrogen-bond donors (Lipinski definition) is 0. The molecule has 2 aromatic rings. The standard InChI is InChI=1S/C26H31F4N3O/c1-15-23(27)10-24(21-4-3-5-31-25(15)21)33-11-16(6-19(14-33)26(28,29)30)7-20(34)9-22-17-8-18(22)13-32(2)12-17/h3-5,10,16-19,22H,6-9,11-14H2,1-2H3/t16-,17?,18?,19-,22?/m0/s1. The summed E-state index contributed by atoms with van der Waals surface area (Å²) in [6, 6.07) is 4.80. The zero-order valence-corrected chi connectivity index (χ0v) is 19.6. The molecule has 3 heterocycles. The molecule has 34 heavy (non-hydrogen) atoms. The molecule has 3 aliphatic rings. The number of aromatic nitrogens is 1. The maximum Gasteiger partial charge on any atom is 0.393 e. The van der Waals surface area contributed by atoms with E-state index in [0.717, 1.165) is 19.5 Å². The van der Waals surface area contributed by atoms with Gasteiger partial charge in [0.25, 0.3) is 0 Å². The van der Waals surface area contributed by atoms with E-state index < -0.39 is 23.8 Å². The number of hydrogen-bond acceptors (Lipinski definition) is 4. The monoisotopic (exact) mass is 477 g/mol. The van der Waals surface area contributed by atoms with Crippen molar-refractivity contribution in [2.24, 2.45) is 29.6 Å². The van der Waals surface area contributed by atoms with Gasteiger partial charge in [-0.05, 0) is 68.7 Å². The van der Waals surface area contributed by atoms with Crippen LogP contribution in [-0.4, -0.2) is 55.1 Å². The molecule has 4 atom stereocenters. The zero-order valence-electron chi connectivity index (χ0n) is 19.6. The van der Waals surface area contributed by atoms with Crippen molar-refractivity contribution in [3.63, 3.8) is 0 Å². The van der Waals surface area contributed by atoms with Crippen LogP contribution in [0.1, 0.15) is 31.2 Å². The third kappa shape index (κ3) is 4.41. The first-order valence-electron chi connectivity index (χ1n) is 12.2. The van der Waals surface area contributed by atoms with Gasteiger partial charge in [0.05, 0.1) is 11.4 Å². The molecule has 184 valence electrons. The van der Waals surface area contributed by atoms with Crippen LogP contribution in [0.25, 0.3) is 10.9 Å². The lowest BCUT2D eigenvalue weighted by atomic mass is 9.60. The van der Waals surface area contributed by atoms with Gasteiger partial charge in [0.2, 0.25) is 0 Å². The summed E-state index contributed by atoms with van der Waals surface area (Å²) < 4.78 is 56.3. The van der Waals surface area contributed by atoms with Crippen LogP contribution < -0.4 is 4.90 Å². The van der Waals surface area contributed by atoms with Crippen LogP contribution in [0, 0.1) is 42.3 Å². The average Bonchev–Trinajstić information content (AvgIpc) is 2.79. The number of likely N-dealkylation sites (tertiary alicyclic amines) is 1. The number of benzene rings is 1. The highest BCUT2D eigenvalue weighted by molar-refractivity contribution is 5.94. The number of ketones is 1. The molecule has 3 fully saturated rings. The number of nitrogens with zero attached hydrogens (tertiary/aromatic N) is 3. The highest BCUT2D eigenvalue weighted by Gasteiger charge is 2.47. The van der Waals surface area contributed by atoms with E-state index in [9.17, 15) is 22.4 Å². The van der Waals surface area contributed by atoms with Crippen molar-refractivity contribution in [2.75, 3.05) is 38.1 Å². The van der Waals surface area contributed by atoms with Gasteiger partial charge in [-0.1, -0.05) is 0 Å². The lowest BCUT2D eigenvalue weighted by molar-refractivity contribution is -0.179. The number of carbonyl (C=O) groups excluding carboxylic acids is 1. The molecule has 2 bridgehead atoms. The normalized spacial score (nSPS) is 29.8. The number of Topliss-reactive ketones (excluding diaryl/α,β-unsaturated/α-hetero) is 1. The summed E-state index contributed by atoms with van der Waals surface area (Å²) in [5.41, 5.74) is 1.27. The van der Waals surface area contributed by atoms with Crippen molar-refractivity contribution in [1.82, 2.24) is 9.88 Å². The Bertz CT molecular complexity index is 1080. The largest absolute Gasteiger partial charge is 0.393 e. The number of rotatable bonds is 5. The molecule has 2 unspecified atom stereocenters. The summed E-state index contributed by atoms with van der Waals surface area (Å²) in [7, 11) is 2.10. The third-order valence-corrected chi connectivity index (χ3v) is 8.29. The number of alkyl halides is 3. The van der Waals surface area contributed by atoms with Crippen LogP contribution in [0.5, 0.6) is 0 Å². The van der Waals surface area contributed by atoms with E-state index in [1.54, 1.807) is 30.2 Å². The van der Waals surface area contributed by atoms with Crippen molar-refractivity contribution < 1.29 is 22.4 Å². The fourth-order valence-electron chi connectivity index (χ4n) is 6.60. The van der Waals surface area contributed by atoms with Crippen molar-refractivity contribution in [3.05, 3.63) is 35.8 Å². The highest BCUT2D eigenvalue weighted by atomic mass is 19.4. The zero-order chi connectivity index (χ0) is 24.2. The van der Waals surface area contributed by atoms with E-state index in [0.29, 0.717) is 52.9 Å². The lowest BCUT2D eigenvalue weighted by Crippen LogP contribution is -2.54. The van der Waals surface area contributed by atoms with E-state index in [-0.39, 0.29) is 25.2 Å². The molecule has 0 amide bonds. The lowest BCUT2D eigenvalue weighted by Gasteiger charge is -2.53. The quantitative estimate of drug-likeness (QED) is 0.553. The molecule has 5 rings (SSSR count). The molecule has 1 aromatic heterocycles. The predicted octanol–water partition coefficient (Wildman–Crippen LogP) is 5.23. The maximum absolute atomic E-state index is 14.7. The smallest absolute Gasteiger partial charge is 0.370 e. The second kappa shape index (κ2) is 8.77. The van der Waals surface area contributed by atoms with E-state index >= 15 is 0 Å². The number of pyridine rings is 1. The Kier molecular flexibility index (Phi) is 6.07. The summed E-state index contributed by atoms with van der Waals surface area (Å²) in [4.78, 5) is 21.1. The van der Waals surface area contributed by atoms with Crippen LogP contribution >= 0.6 is 0 Å². The minimum absolute atomic E-state index is 0.0590. The number of fused-ring (bicyclic) bond motifs is 3. The molecule has 1 aromatic carbocycles. The number of aryl methyl sites for hydroxylation is 1. The molecule has 0 radical (unpaired) electrons. The van der Waals surface area contributed by atoms with Gasteiger partial charge < -0.3 is 9.80 Å². The summed E-state index contributed by atoms with van der Waals surface area (Å²) in [5, 5.41) is 0.640. The summed E-state index contributed by atoms with van der Waals surface area (Å²) >= 11 is 0. The SMILES string of the molecule is Cc1c(F)cc(N2C[C@H](CC(=O)CC3C4CC3CN(C)C4)C[C@H](C(F)(F)F)C2)c2cccnc12. The fourth-order valence-corrected chi connectivity index (χ4v) is 6.60. The molecular formula is C26H31F4N3O. The van der Waals surface area contributed by atoms with Gasteiger partial charge in [-0.25, -0.2) is 4.39 Å². The molecule has 8 heteroatoms. The fraction of sp³-hybridized carbons (Fsp3) is 0.615. The van der Waals surface area contributed by atoms with Crippen molar-refractivity contribution in [1.29, 1.82) is 0 Å².